The van der Waals surface area contributed by atoms with Gasteiger partial charge < -0.3 is 4.74 Å². The van der Waals surface area contributed by atoms with Crippen molar-refractivity contribution in [3.05, 3.63) is 149 Å². The number of hydrogen-bond acceptors (Lipinski definition) is 4. The summed E-state index contributed by atoms with van der Waals surface area (Å²) in [5, 5.41) is 2.06. The van der Waals surface area contributed by atoms with Crippen molar-refractivity contribution in [2.45, 2.75) is 24.9 Å². The maximum Gasteiger partial charge on any atom is 0.314 e. The summed E-state index contributed by atoms with van der Waals surface area (Å²) in [6, 6.07) is 30.0. The summed E-state index contributed by atoms with van der Waals surface area (Å²) in [6.45, 7) is 4.49. The van der Waals surface area contributed by atoms with Crippen LogP contribution in [0.1, 0.15) is 41.7 Å². The molecule has 1 aliphatic carbocycles. The Morgan fingerprint density at radius 1 is 0.659 bits per heavy atom. The van der Waals surface area contributed by atoms with Crippen LogP contribution < -0.4 is 4.74 Å². The Bertz CT molecular complexity index is 2140. The second-order valence-corrected chi connectivity index (χ2v) is 11.7. The van der Waals surface area contributed by atoms with Crippen LogP contribution >= 0.6 is 0 Å². The largest absolute Gasteiger partial charge is 0.472 e. The smallest absolute Gasteiger partial charge is 0.314 e. The third-order valence-corrected chi connectivity index (χ3v) is 8.87. The van der Waals surface area contributed by atoms with E-state index >= 15 is 0 Å². The third-order valence-electron chi connectivity index (χ3n) is 8.87. The van der Waals surface area contributed by atoms with Crippen molar-refractivity contribution in [2.75, 3.05) is 0 Å². The van der Waals surface area contributed by atoms with Crippen LogP contribution in [0.25, 0.3) is 39.4 Å². The van der Waals surface area contributed by atoms with E-state index in [1.54, 1.807) is 24.3 Å². The molecule has 1 unspecified atom stereocenters. The molecule has 4 nitrogen and oxygen atoms in total. The SMILES string of the molecule is CC1(C)c2ccccc2-c2c1c1c(c3ccccc23)OC(c2ccc(F)cc2)(c2ccc(-c3nc(F)nc(F)n3)cc2)C=C1. The van der Waals surface area contributed by atoms with Crippen molar-refractivity contribution >= 4 is 16.8 Å². The third kappa shape index (κ3) is 3.75. The number of benzene rings is 5. The Morgan fingerprint density at radius 2 is 1.27 bits per heavy atom. The Balaban J connectivity index is 1.36. The van der Waals surface area contributed by atoms with E-state index in [9.17, 15) is 13.2 Å². The van der Waals surface area contributed by atoms with Gasteiger partial charge in [0.25, 0.3) is 0 Å². The molecule has 0 N–H and O–H groups in total. The van der Waals surface area contributed by atoms with E-state index < -0.39 is 17.8 Å². The van der Waals surface area contributed by atoms with E-state index in [1.807, 2.05) is 30.3 Å². The normalized spacial score (nSPS) is 17.6. The highest BCUT2D eigenvalue weighted by Gasteiger charge is 2.44. The minimum atomic E-state index is -1.20. The second kappa shape index (κ2) is 9.35. The summed E-state index contributed by atoms with van der Waals surface area (Å²) < 4.78 is 48.8. The summed E-state index contributed by atoms with van der Waals surface area (Å²) in [7, 11) is 0. The molecule has 0 fully saturated rings. The molecule has 0 saturated carbocycles. The molecule has 5 aromatic carbocycles. The number of rotatable bonds is 3. The van der Waals surface area contributed by atoms with Gasteiger partial charge in [-0.05, 0) is 45.8 Å². The first-order chi connectivity index (χ1) is 21.3. The Kier molecular flexibility index (Phi) is 5.60. The number of aromatic nitrogens is 3. The summed E-state index contributed by atoms with van der Waals surface area (Å²) in [5.74, 6) is 0.255. The van der Waals surface area contributed by atoms with E-state index in [-0.39, 0.29) is 17.1 Å². The fourth-order valence-electron chi connectivity index (χ4n) is 6.90. The van der Waals surface area contributed by atoms with E-state index in [4.69, 9.17) is 4.74 Å². The number of fused-ring (bicyclic) bond motifs is 8. The van der Waals surface area contributed by atoms with Crippen LogP contribution in [0.3, 0.4) is 0 Å². The first-order valence-corrected chi connectivity index (χ1v) is 14.3. The lowest BCUT2D eigenvalue weighted by Crippen LogP contribution is -2.35. The predicted octanol–water partition coefficient (Wildman–Crippen LogP) is 8.76. The Morgan fingerprint density at radius 3 is 1.98 bits per heavy atom. The molecule has 8 rings (SSSR count). The fraction of sp³-hybridized carbons (Fsp3) is 0.108. The van der Waals surface area contributed by atoms with Gasteiger partial charge in [0.2, 0.25) is 0 Å². The summed E-state index contributed by atoms with van der Waals surface area (Å²) >= 11 is 0. The van der Waals surface area contributed by atoms with Gasteiger partial charge in [-0.15, -0.1) is 0 Å². The Labute approximate surface area is 251 Å². The topological polar surface area (TPSA) is 47.9 Å². The van der Waals surface area contributed by atoms with E-state index in [0.29, 0.717) is 5.56 Å². The van der Waals surface area contributed by atoms with Crippen LogP contribution in [0, 0.1) is 18.0 Å². The molecule has 1 aliphatic heterocycles. The zero-order valence-corrected chi connectivity index (χ0v) is 23.8. The summed E-state index contributed by atoms with van der Waals surface area (Å²) in [4.78, 5) is 10.3. The zero-order chi connectivity index (χ0) is 30.2. The maximum atomic E-state index is 14.2. The fourth-order valence-corrected chi connectivity index (χ4v) is 6.90. The molecular formula is C37H24F3N3O. The first-order valence-electron chi connectivity index (χ1n) is 14.3. The van der Waals surface area contributed by atoms with Gasteiger partial charge in [0.1, 0.15) is 11.6 Å². The first kappa shape index (κ1) is 26.3. The lowest BCUT2D eigenvalue weighted by Gasteiger charge is -2.38. The highest BCUT2D eigenvalue weighted by atomic mass is 19.1. The number of ether oxygens (including phenoxy) is 1. The molecule has 1 atom stereocenters. The van der Waals surface area contributed by atoms with E-state index in [1.165, 1.54) is 34.4 Å². The van der Waals surface area contributed by atoms with Crippen molar-refractivity contribution < 1.29 is 17.9 Å². The molecule has 44 heavy (non-hydrogen) atoms. The van der Waals surface area contributed by atoms with Crippen LogP contribution in [-0.4, -0.2) is 15.0 Å². The van der Waals surface area contributed by atoms with Crippen LogP contribution in [0.2, 0.25) is 0 Å². The molecule has 2 aliphatic rings. The van der Waals surface area contributed by atoms with Crippen LogP contribution in [0.5, 0.6) is 5.75 Å². The van der Waals surface area contributed by atoms with Crippen molar-refractivity contribution in [3.63, 3.8) is 0 Å². The molecule has 6 aromatic rings. The van der Waals surface area contributed by atoms with Gasteiger partial charge in [0.05, 0.1) is 0 Å². The van der Waals surface area contributed by atoms with E-state index in [0.717, 1.165) is 33.2 Å². The predicted molar refractivity (Wildman–Crippen MR) is 164 cm³/mol. The molecule has 214 valence electrons. The van der Waals surface area contributed by atoms with Crippen LogP contribution in [0.15, 0.2) is 103 Å². The highest BCUT2D eigenvalue weighted by molar-refractivity contribution is 6.08. The van der Waals surface area contributed by atoms with Crippen LogP contribution in [0.4, 0.5) is 13.2 Å². The van der Waals surface area contributed by atoms with Gasteiger partial charge in [0, 0.05) is 33.1 Å². The molecule has 2 heterocycles. The number of hydrogen-bond donors (Lipinski definition) is 0. The van der Waals surface area contributed by atoms with Gasteiger partial charge in [-0.3, -0.25) is 0 Å². The van der Waals surface area contributed by atoms with Gasteiger partial charge >= 0.3 is 12.2 Å². The standard InChI is InChI=1S/C37H24F3N3O/c1-36(2)29-10-6-5-9-27(29)30-25-7-3-4-8-26(25)32-28(31(30)36)19-20-37(44-32,23-15-17-24(38)18-16-23)22-13-11-21(12-14-22)33-41-34(39)43-35(40)42-33/h3-20H,1-2H3. The minimum Gasteiger partial charge on any atom is -0.472 e. The van der Waals surface area contributed by atoms with Crippen molar-refractivity contribution in [3.8, 4) is 28.3 Å². The molecule has 7 heteroatoms. The number of halogens is 3. The quantitative estimate of drug-likeness (QED) is 0.209. The maximum absolute atomic E-state index is 14.2. The van der Waals surface area contributed by atoms with Gasteiger partial charge in [0.15, 0.2) is 11.4 Å². The summed E-state index contributed by atoms with van der Waals surface area (Å²) in [5.41, 5.74) is 6.35. The van der Waals surface area contributed by atoms with Gasteiger partial charge in [-0.25, -0.2) is 4.39 Å². The molecule has 0 bridgehead atoms. The van der Waals surface area contributed by atoms with Gasteiger partial charge in [-0.2, -0.15) is 23.7 Å². The lowest BCUT2D eigenvalue weighted by atomic mass is 9.77. The summed E-state index contributed by atoms with van der Waals surface area (Å²) in [6.07, 6.45) is 1.73. The average molecular weight is 584 g/mol. The lowest BCUT2D eigenvalue weighted by molar-refractivity contribution is 0.163. The second-order valence-electron chi connectivity index (χ2n) is 11.7. The van der Waals surface area contributed by atoms with Crippen molar-refractivity contribution in [2.24, 2.45) is 0 Å². The zero-order valence-electron chi connectivity index (χ0n) is 23.8. The Hall–Kier alpha value is -5.30. The molecule has 0 spiro atoms. The monoisotopic (exact) mass is 583 g/mol. The molecule has 0 amide bonds. The van der Waals surface area contributed by atoms with Crippen molar-refractivity contribution in [1.82, 2.24) is 15.0 Å². The van der Waals surface area contributed by atoms with Crippen LogP contribution in [-0.2, 0) is 11.0 Å². The molecule has 1 aromatic heterocycles. The van der Waals surface area contributed by atoms with E-state index in [2.05, 4.69) is 71.3 Å². The van der Waals surface area contributed by atoms with Crippen molar-refractivity contribution in [1.29, 1.82) is 0 Å². The molecule has 0 saturated heterocycles. The van der Waals surface area contributed by atoms with Gasteiger partial charge in [-0.1, -0.05) is 105 Å². The average Bonchev–Trinajstić information content (AvgIpc) is 3.28. The highest BCUT2D eigenvalue weighted by Crippen LogP contribution is 2.58. The molecule has 0 radical (unpaired) electrons. The number of nitrogens with zero attached hydrogens (tertiary/aromatic N) is 3. The minimum absolute atomic E-state index is 0.119. The molecular weight excluding hydrogens is 559 g/mol.